The van der Waals surface area contributed by atoms with E-state index in [9.17, 15) is 4.79 Å². The van der Waals surface area contributed by atoms with Gasteiger partial charge in [-0.1, -0.05) is 23.7 Å². The van der Waals surface area contributed by atoms with Crippen LogP contribution in [-0.2, 0) is 0 Å². The Bertz CT molecular complexity index is 872. The summed E-state index contributed by atoms with van der Waals surface area (Å²) < 4.78 is 5.30. The Morgan fingerprint density at radius 3 is 2.57 bits per heavy atom. The number of benzene rings is 1. The third-order valence-corrected chi connectivity index (χ3v) is 3.34. The zero-order valence-corrected chi connectivity index (χ0v) is 11.5. The predicted octanol–water partition coefficient (Wildman–Crippen LogP) is 3.83. The standard InChI is InChI=1S/C16H9ClN2O2/c17-11-5-3-10(4-6-11)14-8-12(15-2-1-7-21-15)13(9-18)16(20)19-14/h1-8H,(H,19,20). The summed E-state index contributed by atoms with van der Waals surface area (Å²) >= 11 is 5.86. The summed E-state index contributed by atoms with van der Waals surface area (Å²) in [7, 11) is 0. The maximum Gasteiger partial charge on any atom is 0.267 e. The van der Waals surface area contributed by atoms with Gasteiger partial charge < -0.3 is 9.40 Å². The maximum absolute atomic E-state index is 12.1. The highest BCUT2D eigenvalue weighted by molar-refractivity contribution is 6.30. The van der Waals surface area contributed by atoms with Gasteiger partial charge in [0.1, 0.15) is 17.4 Å². The molecular weight excluding hydrogens is 288 g/mol. The van der Waals surface area contributed by atoms with Gasteiger partial charge in [-0.3, -0.25) is 4.79 Å². The number of hydrogen-bond donors (Lipinski definition) is 1. The monoisotopic (exact) mass is 296 g/mol. The molecule has 1 N–H and O–H groups in total. The molecule has 0 aliphatic carbocycles. The summed E-state index contributed by atoms with van der Waals surface area (Å²) in [5.74, 6) is 0.480. The van der Waals surface area contributed by atoms with Crippen molar-refractivity contribution in [3.8, 4) is 28.7 Å². The van der Waals surface area contributed by atoms with Gasteiger partial charge in [-0.25, -0.2) is 0 Å². The van der Waals surface area contributed by atoms with Crippen molar-refractivity contribution in [2.24, 2.45) is 0 Å². The lowest BCUT2D eigenvalue weighted by Crippen LogP contribution is -2.12. The van der Waals surface area contributed by atoms with Crippen molar-refractivity contribution in [1.29, 1.82) is 5.26 Å². The predicted molar refractivity (Wildman–Crippen MR) is 79.9 cm³/mol. The number of pyridine rings is 1. The molecule has 5 heteroatoms. The van der Waals surface area contributed by atoms with Crippen molar-refractivity contribution in [1.82, 2.24) is 4.98 Å². The van der Waals surface area contributed by atoms with Crippen LogP contribution in [0, 0.1) is 11.3 Å². The molecule has 2 heterocycles. The van der Waals surface area contributed by atoms with Crippen molar-refractivity contribution in [2.45, 2.75) is 0 Å². The fourth-order valence-corrected chi connectivity index (χ4v) is 2.21. The highest BCUT2D eigenvalue weighted by Gasteiger charge is 2.14. The van der Waals surface area contributed by atoms with Gasteiger partial charge in [-0.05, 0) is 35.9 Å². The van der Waals surface area contributed by atoms with E-state index in [0.29, 0.717) is 22.0 Å². The molecule has 0 unspecified atom stereocenters. The summed E-state index contributed by atoms with van der Waals surface area (Å²) in [6.07, 6.45) is 1.50. The Balaban J connectivity index is 2.23. The second kappa shape index (κ2) is 5.31. The number of aromatic nitrogens is 1. The van der Waals surface area contributed by atoms with Gasteiger partial charge >= 0.3 is 0 Å². The average Bonchev–Trinajstić information content (AvgIpc) is 3.01. The van der Waals surface area contributed by atoms with Crippen molar-refractivity contribution >= 4 is 11.6 Å². The molecular formula is C16H9ClN2O2. The van der Waals surface area contributed by atoms with Crippen LogP contribution in [0.4, 0.5) is 0 Å². The van der Waals surface area contributed by atoms with Crippen LogP contribution in [-0.4, -0.2) is 4.98 Å². The first-order valence-electron chi connectivity index (χ1n) is 6.16. The molecule has 0 amide bonds. The summed E-state index contributed by atoms with van der Waals surface area (Å²) in [6.45, 7) is 0. The molecule has 0 saturated heterocycles. The number of furan rings is 1. The number of halogens is 1. The number of hydrogen-bond acceptors (Lipinski definition) is 3. The average molecular weight is 297 g/mol. The second-order valence-corrected chi connectivity index (χ2v) is 4.83. The van der Waals surface area contributed by atoms with Crippen LogP contribution in [0.15, 0.2) is 57.9 Å². The van der Waals surface area contributed by atoms with Crippen molar-refractivity contribution in [3.05, 3.63) is 69.7 Å². The fourth-order valence-electron chi connectivity index (χ4n) is 2.08. The molecule has 3 rings (SSSR count). The van der Waals surface area contributed by atoms with Gasteiger partial charge in [-0.15, -0.1) is 0 Å². The van der Waals surface area contributed by atoms with Crippen LogP contribution in [0.5, 0.6) is 0 Å². The van der Waals surface area contributed by atoms with Gasteiger partial charge in [0, 0.05) is 16.3 Å². The molecule has 21 heavy (non-hydrogen) atoms. The Hall–Kier alpha value is -2.77. The third-order valence-electron chi connectivity index (χ3n) is 3.09. The van der Waals surface area contributed by atoms with Crippen LogP contribution in [0.1, 0.15) is 5.56 Å². The lowest BCUT2D eigenvalue weighted by atomic mass is 10.0. The Labute approximate surface area is 125 Å². The third kappa shape index (κ3) is 2.47. The number of rotatable bonds is 2. The van der Waals surface area contributed by atoms with Crippen LogP contribution in [0.2, 0.25) is 5.02 Å². The van der Waals surface area contributed by atoms with E-state index in [0.717, 1.165) is 5.56 Å². The number of nitrogens with zero attached hydrogens (tertiary/aromatic N) is 1. The molecule has 0 radical (unpaired) electrons. The summed E-state index contributed by atoms with van der Waals surface area (Å²) in [6, 6.07) is 14.1. The smallest absolute Gasteiger partial charge is 0.267 e. The van der Waals surface area contributed by atoms with E-state index in [2.05, 4.69) is 4.98 Å². The van der Waals surface area contributed by atoms with Crippen molar-refractivity contribution in [2.75, 3.05) is 0 Å². The van der Waals surface area contributed by atoms with E-state index in [1.54, 1.807) is 42.5 Å². The SMILES string of the molecule is N#Cc1c(-c2ccco2)cc(-c2ccc(Cl)cc2)[nH]c1=O. The summed E-state index contributed by atoms with van der Waals surface area (Å²) in [5.41, 5.74) is 1.45. The largest absolute Gasteiger partial charge is 0.464 e. The van der Waals surface area contributed by atoms with E-state index in [1.165, 1.54) is 6.26 Å². The normalized spacial score (nSPS) is 10.3. The second-order valence-electron chi connectivity index (χ2n) is 4.40. The number of nitriles is 1. The zero-order chi connectivity index (χ0) is 14.8. The van der Waals surface area contributed by atoms with E-state index < -0.39 is 5.56 Å². The Morgan fingerprint density at radius 1 is 1.19 bits per heavy atom. The molecule has 0 aliphatic rings. The van der Waals surface area contributed by atoms with Gasteiger partial charge in [0.2, 0.25) is 0 Å². The highest BCUT2D eigenvalue weighted by Crippen LogP contribution is 2.26. The summed E-state index contributed by atoms with van der Waals surface area (Å²) in [5, 5.41) is 9.78. The molecule has 2 aromatic heterocycles. The van der Waals surface area contributed by atoms with E-state index in [-0.39, 0.29) is 5.56 Å². The zero-order valence-electron chi connectivity index (χ0n) is 10.8. The minimum absolute atomic E-state index is 0.0302. The topological polar surface area (TPSA) is 69.8 Å². The first-order valence-corrected chi connectivity index (χ1v) is 6.54. The van der Waals surface area contributed by atoms with E-state index in [4.69, 9.17) is 21.3 Å². The van der Waals surface area contributed by atoms with Gasteiger partial charge in [0.15, 0.2) is 0 Å². The lowest BCUT2D eigenvalue weighted by molar-refractivity contribution is 0.582. The fraction of sp³-hybridized carbons (Fsp3) is 0. The maximum atomic E-state index is 12.1. The molecule has 1 aromatic carbocycles. The van der Waals surface area contributed by atoms with Crippen molar-refractivity contribution < 1.29 is 4.42 Å². The van der Waals surface area contributed by atoms with Crippen molar-refractivity contribution in [3.63, 3.8) is 0 Å². The Kier molecular flexibility index (Phi) is 3.35. The number of H-pyrrole nitrogens is 1. The van der Waals surface area contributed by atoms with E-state index >= 15 is 0 Å². The molecule has 0 aliphatic heterocycles. The molecule has 0 atom stereocenters. The summed E-state index contributed by atoms with van der Waals surface area (Å²) in [4.78, 5) is 14.8. The minimum Gasteiger partial charge on any atom is -0.464 e. The lowest BCUT2D eigenvalue weighted by Gasteiger charge is -2.06. The quantitative estimate of drug-likeness (QED) is 0.781. The van der Waals surface area contributed by atoms with Gasteiger partial charge in [0.25, 0.3) is 5.56 Å². The molecule has 102 valence electrons. The molecule has 4 nitrogen and oxygen atoms in total. The minimum atomic E-state index is -0.448. The van der Waals surface area contributed by atoms with Crippen LogP contribution in [0.25, 0.3) is 22.6 Å². The van der Waals surface area contributed by atoms with Crippen LogP contribution >= 0.6 is 11.6 Å². The molecule has 0 saturated carbocycles. The molecule has 0 bridgehead atoms. The first-order chi connectivity index (χ1) is 10.2. The molecule has 0 fully saturated rings. The number of aromatic amines is 1. The van der Waals surface area contributed by atoms with E-state index in [1.807, 2.05) is 6.07 Å². The highest BCUT2D eigenvalue weighted by atomic mass is 35.5. The van der Waals surface area contributed by atoms with Gasteiger partial charge in [-0.2, -0.15) is 5.26 Å². The molecule has 0 spiro atoms. The number of nitrogens with one attached hydrogen (secondary N) is 1. The van der Waals surface area contributed by atoms with Crippen LogP contribution < -0.4 is 5.56 Å². The first kappa shape index (κ1) is 13.2. The van der Waals surface area contributed by atoms with Crippen LogP contribution in [0.3, 0.4) is 0 Å². The van der Waals surface area contributed by atoms with Gasteiger partial charge in [0.05, 0.1) is 6.26 Å². The Morgan fingerprint density at radius 2 is 1.95 bits per heavy atom. The molecule has 3 aromatic rings.